The van der Waals surface area contributed by atoms with Gasteiger partial charge in [0.1, 0.15) is 0 Å². The molecule has 0 spiro atoms. The van der Waals surface area contributed by atoms with Crippen molar-refractivity contribution in [1.29, 1.82) is 0 Å². The fourth-order valence-corrected chi connectivity index (χ4v) is 1.87. The van der Waals surface area contributed by atoms with E-state index in [1.807, 2.05) is 0 Å². The minimum atomic E-state index is 0.427. The molecule has 0 aliphatic carbocycles. The lowest BCUT2D eigenvalue weighted by molar-refractivity contribution is 0.612. The van der Waals surface area contributed by atoms with E-state index in [0.717, 1.165) is 5.65 Å². The average molecular weight is 203 g/mol. The second-order valence-electron chi connectivity index (χ2n) is 4.51. The largest absolute Gasteiger partial charge is 0.328 e. The van der Waals surface area contributed by atoms with Crippen molar-refractivity contribution in [2.24, 2.45) is 0 Å². The molecule has 0 aliphatic heterocycles. The lowest BCUT2D eigenvalue weighted by Crippen LogP contribution is -2.00. The molecule has 0 bridgehead atoms. The Balaban J connectivity index is 2.73. The summed E-state index contributed by atoms with van der Waals surface area (Å²) >= 11 is 0. The molecule has 0 amide bonds. The van der Waals surface area contributed by atoms with E-state index >= 15 is 0 Å². The predicted octanol–water partition coefficient (Wildman–Crippen LogP) is 3.14. The highest BCUT2D eigenvalue weighted by Crippen LogP contribution is 2.27. The van der Waals surface area contributed by atoms with Crippen LogP contribution in [0.15, 0.2) is 18.5 Å². The van der Waals surface area contributed by atoms with E-state index in [2.05, 4.69) is 54.7 Å². The quantitative estimate of drug-likeness (QED) is 0.750. The Bertz CT molecular complexity index is 427. The van der Waals surface area contributed by atoms with Crippen LogP contribution in [0.1, 0.15) is 45.2 Å². The van der Waals surface area contributed by atoms with Gasteiger partial charge in [-0.15, -0.1) is 5.10 Å². The van der Waals surface area contributed by atoms with E-state index in [0.29, 0.717) is 12.0 Å². The molecule has 2 aromatic heterocycles. The third-order valence-electron chi connectivity index (χ3n) is 2.71. The van der Waals surface area contributed by atoms with Crippen LogP contribution >= 0.6 is 0 Å². The average Bonchev–Trinajstić information content (AvgIpc) is 2.56. The van der Waals surface area contributed by atoms with Crippen molar-refractivity contribution in [2.45, 2.75) is 39.7 Å². The van der Waals surface area contributed by atoms with Crippen molar-refractivity contribution in [3.63, 3.8) is 0 Å². The first-order chi connectivity index (χ1) is 7.11. The van der Waals surface area contributed by atoms with E-state index in [4.69, 9.17) is 0 Å². The smallest absolute Gasteiger partial charge is 0.163 e. The molecule has 2 aromatic rings. The van der Waals surface area contributed by atoms with Crippen LogP contribution in [-0.4, -0.2) is 14.8 Å². The van der Waals surface area contributed by atoms with E-state index in [-0.39, 0.29) is 0 Å². The fraction of sp³-hybridized carbons (Fsp3) is 0.500. The van der Waals surface area contributed by atoms with Crippen molar-refractivity contribution < 1.29 is 0 Å². The van der Waals surface area contributed by atoms with E-state index in [9.17, 15) is 0 Å². The first-order valence-corrected chi connectivity index (χ1v) is 5.43. The van der Waals surface area contributed by atoms with Crippen LogP contribution in [0.25, 0.3) is 11.0 Å². The fourth-order valence-electron chi connectivity index (χ4n) is 1.87. The molecule has 0 aliphatic rings. The summed E-state index contributed by atoms with van der Waals surface area (Å²) in [5.74, 6) is 0.525. The van der Waals surface area contributed by atoms with Gasteiger partial charge in [0.2, 0.25) is 0 Å². The molecule has 3 heteroatoms. The maximum absolute atomic E-state index is 4.22. The molecule has 2 rings (SSSR count). The Labute approximate surface area is 90.1 Å². The maximum Gasteiger partial charge on any atom is 0.163 e. The normalized spacial score (nSPS) is 11.9. The van der Waals surface area contributed by atoms with E-state index in [1.165, 1.54) is 10.9 Å². The summed E-state index contributed by atoms with van der Waals surface area (Å²) in [5, 5.41) is 9.41. The second kappa shape index (κ2) is 3.65. The van der Waals surface area contributed by atoms with E-state index in [1.54, 1.807) is 6.20 Å². The maximum atomic E-state index is 4.22. The molecule has 0 N–H and O–H groups in total. The van der Waals surface area contributed by atoms with Crippen LogP contribution in [0.2, 0.25) is 0 Å². The summed E-state index contributed by atoms with van der Waals surface area (Å²) in [6.07, 6.45) is 3.97. The molecule has 0 saturated heterocycles. The predicted molar refractivity (Wildman–Crippen MR) is 62.0 cm³/mol. The topological polar surface area (TPSA) is 30.7 Å². The molecular formula is C12H17N3. The zero-order valence-electron chi connectivity index (χ0n) is 9.73. The highest BCUT2D eigenvalue weighted by molar-refractivity contribution is 5.80. The molecule has 0 aromatic carbocycles. The van der Waals surface area contributed by atoms with E-state index < -0.39 is 0 Å². The summed E-state index contributed by atoms with van der Waals surface area (Å²) in [4.78, 5) is 0. The summed E-state index contributed by atoms with van der Waals surface area (Å²) in [6, 6.07) is 2.48. The highest BCUT2D eigenvalue weighted by atomic mass is 15.2. The first-order valence-electron chi connectivity index (χ1n) is 5.43. The van der Waals surface area contributed by atoms with Crippen molar-refractivity contribution >= 4 is 11.0 Å². The monoisotopic (exact) mass is 203 g/mol. The summed E-state index contributed by atoms with van der Waals surface area (Å²) in [6.45, 7) is 8.75. The van der Waals surface area contributed by atoms with Gasteiger partial charge in [0.05, 0.1) is 6.20 Å². The van der Waals surface area contributed by atoms with Gasteiger partial charge in [-0.1, -0.05) is 13.8 Å². The van der Waals surface area contributed by atoms with Crippen LogP contribution in [0.4, 0.5) is 0 Å². The molecule has 0 atom stereocenters. The standard InChI is InChI=1S/C12H17N3/c1-8(2)11-7-15(9(3)4)12-10(11)5-6-13-14-12/h5-9H,1-4H3. The summed E-state index contributed by atoms with van der Waals surface area (Å²) in [7, 11) is 0. The number of nitrogens with zero attached hydrogens (tertiary/aromatic N) is 3. The molecule has 0 unspecified atom stereocenters. The lowest BCUT2D eigenvalue weighted by atomic mass is 10.0. The number of aromatic nitrogens is 3. The molecule has 2 heterocycles. The molecule has 0 radical (unpaired) electrons. The Kier molecular flexibility index (Phi) is 2.47. The molecule has 80 valence electrons. The van der Waals surface area contributed by atoms with Crippen LogP contribution in [0, 0.1) is 0 Å². The summed E-state index contributed by atoms with van der Waals surface area (Å²) in [5.41, 5.74) is 2.35. The Hall–Kier alpha value is -1.38. The van der Waals surface area contributed by atoms with Gasteiger partial charge in [-0.05, 0) is 31.4 Å². The minimum absolute atomic E-state index is 0.427. The number of fused-ring (bicyclic) bond motifs is 1. The molecule has 3 nitrogen and oxygen atoms in total. The third kappa shape index (κ3) is 1.62. The van der Waals surface area contributed by atoms with Crippen LogP contribution in [0.3, 0.4) is 0 Å². The van der Waals surface area contributed by atoms with Gasteiger partial charge in [-0.25, -0.2) is 0 Å². The Morgan fingerprint density at radius 1 is 1.20 bits per heavy atom. The van der Waals surface area contributed by atoms with Gasteiger partial charge >= 0.3 is 0 Å². The number of hydrogen-bond donors (Lipinski definition) is 0. The molecular weight excluding hydrogens is 186 g/mol. The van der Waals surface area contributed by atoms with Crippen molar-refractivity contribution in [2.75, 3.05) is 0 Å². The van der Waals surface area contributed by atoms with Crippen LogP contribution in [0.5, 0.6) is 0 Å². The van der Waals surface area contributed by atoms with Gasteiger partial charge in [0, 0.05) is 17.6 Å². The Morgan fingerprint density at radius 3 is 2.53 bits per heavy atom. The molecule has 0 saturated carbocycles. The van der Waals surface area contributed by atoms with Crippen molar-refractivity contribution in [3.8, 4) is 0 Å². The zero-order chi connectivity index (χ0) is 11.0. The third-order valence-corrected chi connectivity index (χ3v) is 2.71. The van der Waals surface area contributed by atoms with Crippen LogP contribution < -0.4 is 0 Å². The summed E-state index contributed by atoms with van der Waals surface area (Å²) < 4.78 is 2.19. The van der Waals surface area contributed by atoms with Crippen molar-refractivity contribution in [3.05, 3.63) is 24.0 Å². The van der Waals surface area contributed by atoms with Gasteiger partial charge < -0.3 is 4.57 Å². The van der Waals surface area contributed by atoms with Crippen molar-refractivity contribution in [1.82, 2.24) is 14.8 Å². The number of hydrogen-bond acceptors (Lipinski definition) is 2. The SMILES string of the molecule is CC(C)c1cn(C(C)C)c2nnccc12. The molecule has 0 fully saturated rings. The zero-order valence-corrected chi connectivity index (χ0v) is 9.73. The molecule has 15 heavy (non-hydrogen) atoms. The van der Waals surface area contributed by atoms with Crippen LogP contribution in [-0.2, 0) is 0 Å². The Morgan fingerprint density at radius 2 is 1.93 bits per heavy atom. The van der Waals surface area contributed by atoms with Gasteiger partial charge in [0.25, 0.3) is 0 Å². The lowest BCUT2D eigenvalue weighted by Gasteiger charge is -2.07. The van der Waals surface area contributed by atoms with Gasteiger partial charge in [0.15, 0.2) is 5.65 Å². The first kappa shape index (κ1) is 10.1. The second-order valence-corrected chi connectivity index (χ2v) is 4.51. The van der Waals surface area contributed by atoms with Gasteiger partial charge in [-0.3, -0.25) is 0 Å². The highest BCUT2D eigenvalue weighted by Gasteiger charge is 2.13. The number of rotatable bonds is 2. The van der Waals surface area contributed by atoms with Gasteiger partial charge in [-0.2, -0.15) is 5.10 Å². The minimum Gasteiger partial charge on any atom is -0.328 e.